The van der Waals surface area contributed by atoms with Gasteiger partial charge in [0.25, 0.3) is 0 Å². The summed E-state index contributed by atoms with van der Waals surface area (Å²) < 4.78 is 0. The van der Waals surface area contributed by atoms with Crippen molar-refractivity contribution in [2.45, 2.75) is 51.9 Å². The zero-order valence-corrected chi connectivity index (χ0v) is 16.7. The molecule has 1 aliphatic rings. The van der Waals surface area contributed by atoms with Gasteiger partial charge in [-0.1, -0.05) is 30.5 Å². The number of carbonyl (C=O) groups excluding carboxylic acids is 1. The zero-order valence-electron chi connectivity index (χ0n) is 16.7. The molecule has 0 atom stereocenters. The van der Waals surface area contributed by atoms with Crippen LogP contribution in [0.4, 0.5) is 0 Å². The van der Waals surface area contributed by atoms with Gasteiger partial charge in [-0.3, -0.25) is 9.78 Å². The van der Waals surface area contributed by atoms with Gasteiger partial charge in [-0.25, -0.2) is 0 Å². The number of pyridine rings is 1. The highest BCUT2D eigenvalue weighted by Gasteiger charge is 2.17. The molecule has 0 aliphatic carbocycles. The third-order valence-electron chi connectivity index (χ3n) is 5.76. The number of fused-ring (bicyclic) bond motifs is 1. The Morgan fingerprint density at radius 3 is 2.68 bits per heavy atom. The molecule has 0 unspecified atom stereocenters. The molecular formula is C24H29N3O. The minimum Gasteiger partial charge on any atom is -0.353 e. The van der Waals surface area contributed by atoms with Crippen LogP contribution in [-0.4, -0.2) is 33.9 Å². The molecule has 4 rings (SSSR count). The smallest absolute Gasteiger partial charge is 0.222 e. The summed E-state index contributed by atoms with van der Waals surface area (Å²) in [6, 6.07) is 12.5. The van der Waals surface area contributed by atoms with E-state index in [1.807, 2.05) is 24.4 Å². The number of aromatic nitrogens is 2. The van der Waals surface area contributed by atoms with E-state index in [1.165, 1.54) is 29.4 Å². The lowest BCUT2D eigenvalue weighted by molar-refractivity contribution is -0.131. The van der Waals surface area contributed by atoms with E-state index < -0.39 is 0 Å². The largest absolute Gasteiger partial charge is 0.353 e. The summed E-state index contributed by atoms with van der Waals surface area (Å²) in [6.45, 7) is 3.99. The highest BCUT2D eigenvalue weighted by molar-refractivity contribution is 5.90. The average Bonchev–Trinajstić information content (AvgIpc) is 2.89. The molecule has 4 heteroatoms. The minimum absolute atomic E-state index is 0.317. The van der Waals surface area contributed by atoms with Crippen molar-refractivity contribution in [2.75, 3.05) is 13.1 Å². The molecule has 3 aromatic rings. The summed E-state index contributed by atoms with van der Waals surface area (Å²) in [7, 11) is 0. The lowest BCUT2D eigenvalue weighted by Crippen LogP contribution is -2.31. The molecule has 1 aromatic carbocycles. The second-order valence-electron chi connectivity index (χ2n) is 7.89. The van der Waals surface area contributed by atoms with Crippen LogP contribution in [0, 0.1) is 6.92 Å². The average molecular weight is 376 g/mol. The first kappa shape index (κ1) is 18.7. The highest BCUT2D eigenvalue weighted by Crippen LogP contribution is 2.31. The molecule has 1 amide bonds. The lowest BCUT2D eigenvalue weighted by atomic mass is 10.0. The maximum Gasteiger partial charge on any atom is 0.222 e. The van der Waals surface area contributed by atoms with E-state index in [2.05, 4.69) is 40.0 Å². The van der Waals surface area contributed by atoms with E-state index in [0.717, 1.165) is 55.7 Å². The predicted octanol–water partition coefficient (Wildman–Crippen LogP) is 5.26. The van der Waals surface area contributed by atoms with E-state index >= 15 is 0 Å². The summed E-state index contributed by atoms with van der Waals surface area (Å²) in [5.74, 6) is 0.317. The van der Waals surface area contributed by atoms with Gasteiger partial charge in [0, 0.05) is 36.6 Å². The number of amides is 1. The number of nitrogens with one attached hydrogen (secondary N) is 1. The normalized spacial score (nSPS) is 15.0. The van der Waals surface area contributed by atoms with Crippen molar-refractivity contribution in [1.82, 2.24) is 14.9 Å². The lowest BCUT2D eigenvalue weighted by Gasteiger charge is -2.20. The summed E-state index contributed by atoms with van der Waals surface area (Å²) >= 11 is 0. The van der Waals surface area contributed by atoms with Crippen molar-refractivity contribution in [3.05, 3.63) is 53.7 Å². The fourth-order valence-corrected chi connectivity index (χ4v) is 4.25. The Kier molecular flexibility index (Phi) is 5.75. The van der Waals surface area contributed by atoms with Crippen LogP contribution in [0.5, 0.6) is 0 Å². The van der Waals surface area contributed by atoms with E-state index in [-0.39, 0.29) is 0 Å². The summed E-state index contributed by atoms with van der Waals surface area (Å²) in [4.78, 5) is 22.8. The summed E-state index contributed by atoms with van der Waals surface area (Å²) in [5, 5.41) is 1.25. The maximum atomic E-state index is 12.7. The van der Waals surface area contributed by atoms with Gasteiger partial charge in [0.05, 0.1) is 11.4 Å². The molecule has 1 N–H and O–H groups in total. The zero-order chi connectivity index (χ0) is 19.3. The molecule has 3 heterocycles. The van der Waals surface area contributed by atoms with Gasteiger partial charge >= 0.3 is 0 Å². The van der Waals surface area contributed by atoms with Gasteiger partial charge in [0.1, 0.15) is 0 Å². The number of nitrogens with zero attached hydrogens (tertiary/aromatic N) is 2. The van der Waals surface area contributed by atoms with E-state index in [1.54, 1.807) is 0 Å². The SMILES string of the molecule is Cc1ccc2[nH]c(-c3ccccn3)c(CCCC(=O)N3CCCCCC3)c2c1. The fourth-order valence-electron chi connectivity index (χ4n) is 4.25. The third-order valence-corrected chi connectivity index (χ3v) is 5.76. The van der Waals surface area contributed by atoms with E-state index in [0.29, 0.717) is 12.3 Å². The van der Waals surface area contributed by atoms with Crippen LogP contribution >= 0.6 is 0 Å². The van der Waals surface area contributed by atoms with Crippen molar-refractivity contribution in [3.63, 3.8) is 0 Å². The Bertz CT molecular complexity index is 937. The number of likely N-dealkylation sites (tertiary alicyclic amines) is 1. The molecule has 0 saturated carbocycles. The first-order chi connectivity index (χ1) is 13.7. The van der Waals surface area contributed by atoms with Crippen LogP contribution in [0.1, 0.15) is 49.7 Å². The van der Waals surface area contributed by atoms with Gasteiger partial charge < -0.3 is 9.88 Å². The molecule has 1 fully saturated rings. The van der Waals surface area contributed by atoms with Gasteiger partial charge in [-0.15, -0.1) is 0 Å². The molecule has 0 bridgehead atoms. The van der Waals surface area contributed by atoms with Crippen LogP contribution in [-0.2, 0) is 11.2 Å². The van der Waals surface area contributed by atoms with Crippen LogP contribution in [0.3, 0.4) is 0 Å². The van der Waals surface area contributed by atoms with Crippen LogP contribution in [0.2, 0.25) is 0 Å². The first-order valence-corrected chi connectivity index (χ1v) is 10.5. The molecule has 1 saturated heterocycles. The van der Waals surface area contributed by atoms with Gasteiger partial charge in [0.2, 0.25) is 5.91 Å². The first-order valence-electron chi connectivity index (χ1n) is 10.5. The Labute approximate surface area is 167 Å². The molecule has 2 aromatic heterocycles. The standard InChI is InChI=1S/C24H29N3O/c1-18-12-13-21-20(17-18)19(24(26-21)22-10-4-5-14-25-22)9-8-11-23(28)27-15-6-2-3-7-16-27/h4-5,10,12-14,17,26H,2-3,6-9,11,15-16H2,1H3. The minimum atomic E-state index is 0.317. The Morgan fingerprint density at radius 2 is 1.93 bits per heavy atom. The second-order valence-corrected chi connectivity index (χ2v) is 7.89. The van der Waals surface area contributed by atoms with Crippen LogP contribution < -0.4 is 0 Å². The molecule has 4 nitrogen and oxygen atoms in total. The van der Waals surface area contributed by atoms with Gasteiger partial charge in [-0.05, 0) is 62.4 Å². The highest BCUT2D eigenvalue weighted by atomic mass is 16.2. The van der Waals surface area contributed by atoms with E-state index in [4.69, 9.17) is 0 Å². The Hall–Kier alpha value is -2.62. The van der Waals surface area contributed by atoms with Crippen LogP contribution in [0.25, 0.3) is 22.3 Å². The van der Waals surface area contributed by atoms with Crippen LogP contribution in [0.15, 0.2) is 42.6 Å². The summed E-state index contributed by atoms with van der Waals surface area (Å²) in [5.41, 5.74) is 5.72. The van der Waals surface area contributed by atoms with E-state index in [9.17, 15) is 4.79 Å². The Morgan fingerprint density at radius 1 is 1.11 bits per heavy atom. The molecule has 0 spiro atoms. The fraction of sp³-hybridized carbons (Fsp3) is 0.417. The number of hydrogen-bond donors (Lipinski definition) is 1. The number of benzene rings is 1. The molecule has 146 valence electrons. The second kappa shape index (κ2) is 8.59. The molecular weight excluding hydrogens is 346 g/mol. The molecule has 0 radical (unpaired) electrons. The number of H-pyrrole nitrogens is 1. The summed E-state index contributed by atoms with van der Waals surface area (Å²) in [6.07, 6.45) is 9.02. The number of aryl methyl sites for hydroxylation is 2. The van der Waals surface area contributed by atoms with Gasteiger partial charge in [-0.2, -0.15) is 0 Å². The predicted molar refractivity (Wildman–Crippen MR) is 114 cm³/mol. The number of rotatable bonds is 5. The quantitative estimate of drug-likeness (QED) is 0.661. The third kappa shape index (κ3) is 4.11. The maximum absolute atomic E-state index is 12.7. The Balaban J connectivity index is 1.53. The monoisotopic (exact) mass is 375 g/mol. The van der Waals surface area contributed by atoms with Crippen molar-refractivity contribution < 1.29 is 4.79 Å². The van der Waals surface area contributed by atoms with Crippen molar-refractivity contribution in [1.29, 1.82) is 0 Å². The number of carbonyl (C=O) groups is 1. The van der Waals surface area contributed by atoms with Crippen molar-refractivity contribution in [3.8, 4) is 11.4 Å². The topological polar surface area (TPSA) is 49.0 Å². The van der Waals surface area contributed by atoms with Crippen molar-refractivity contribution in [2.24, 2.45) is 0 Å². The number of hydrogen-bond acceptors (Lipinski definition) is 2. The van der Waals surface area contributed by atoms with Gasteiger partial charge in [0.15, 0.2) is 0 Å². The van der Waals surface area contributed by atoms with Crippen molar-refractivity contribution >= 4 is 16.8 Å². The molecule has 28 heavy (non-hydrogen) atoms. The number of aromatic amines is 1. The molecule has 1 aliphatic heterocycles.